The molecule has 2 aliphatic rings. The third kappa shape index (κ3) is 5.92. The predicted octanol–water partition coefficient (Wildman–Crippen LogP) is 0.100. The van der Waals surface area contributed by atoms with Gasteiger partial charge in [0.05, 0.1) is 12.2 Å². The zero-order valence-electron chi connectivity index (χ0n) is 16.9. The van der Waals surface area contributed by atoms with Crippen molar-refractivity contribution < 1.29 is 17.7 Å². The summed E-state index contributed by atoms with van der Waals surface area (Å²) in [5, 5.41) is 6.94. The number of likely N-dealkylation sites (tertiary alicyclic amines) is 1. The van der Waals surface area contributed by atoms with Crippen LogP contribution in [0.3, 0.4) is 0 Å². The smallest absolute Gasteiger partial charge is 0.224 e. The Morgan fingerprint density at radius 1 is 1.17 bits per heavy atom. The van der Waals surface area contributed by atoms with Gasteiger partial charge in [0.2, 0.25) is 15.9 Å². The number of aliphatic imine (C=N–C) groups is 1. The lowest BCUT2D eigenvalue weighted by Gasteiger charge is -2.35. The van der Waals surface area contributed by atoms with Crippen LogP contribution < -0.4 is 5.32 Å². The van der Waals surface area contributed by atoms with Crippen molar-refractivity contribution in [2.75, 3.05) is 52.4 Å². The normalized spacial score (nSPS) is 19.0. The molecule has 3 rings (SSSR count). The first-order chi connectivity index (χ1) is 14.0. The van der Waals surface area contributed by atoms with Crippen LogP contribution in [0.2, 0.25) is 0 Å². The molecule has 0 bridgehead atoms. The molecule has 11 heteroatoms. The Balaban J connectivity index is 1.51. The number of nitrogens with one attached hydrogen (secondary N) is 1. The van der Waals surface area contributed by atoms with E-state index in [9.17, 15) is 13.2 Å². The Bertz CT molecular complexity index is 781. The van der Waals surface area contributed by atoms with E-state index in [1.54, 1.807) is 6.07 Å². The zero-order chi connectivity index (χ0) is 20.7. The van der Waals surface area contributed by atoms with Crippen LogP contribution in [0.25, 0.3) is 0 Å². The highest BCUT2D eigenvalue weighted by molar-refractivity contribution is 7.88. The topological polar surface area (TPSA) is 111 Å². The summed E-state index contributed by atoms with van der Waals surface area (Å²) in [6.07, 6.45) is 3.94. The Labute approximate surface area is 172 Å². The van der Waals surface area contributed by atoms with Crippen LogP contribution in [0.1, 0.15) is 31.9 Å². The minimum absolute atomic E-state index is 0.156. The van der Waals surface area contributed by atoms with E-state index in [4.69, 9.17) is 4.52 Å². The van der Waals surface area contributed by atoms with E-state index in [1.165, 1.54) is 10.6 Å². The Morgan fingerprint density at radius 2 is 1.90 bits per heavy atom. The highest BCUT2D eigenvalue weighted by Gasteiger charge is 2.29. The molecular weight excluding hydrogens is 396 g/mol. The third-order valence-corrected chi connectivity index (χ3v) is 6.95. The Kier molecular flexibility index (Phi) is 7.48. The van der Waals surface area contributed by atoms with Crippen LogP contribution >= 0.6 is 0 Å². The predicted molar refractivity (Wildman–Crippen MR) is 109 cm³/mol. The number of nitrogens with zero attached hydrogens (tertiary/aromatic N) is 5. The van der Waals surface area contributed by atoms with E-state index in [-0.39, 0.29) is 11.7 Å². The van der Waals surface area contributed by atoms with Crippen LogP contribution in [-0.4, -0.2) is 91.9 Å². The van der Waals surface area contributed by atoms with Gasteiger partial charge in [0.25, 0.3) is 0 Å². The van der Waals surface area contributed by atoms with Gasteiger partial charge >= 0.3 is 0 Å². The molecule has 1 aromatic rings. The van der Waals surface area contributed by atoms with Gasteiger partial charge in [-0.25, -0.2) is 8.42 Å². The minimum atomic E-state index is -3.43. The molecular formula is C18H30N6O4S. The quantitative estimate of drug-likeness (QED) is 0.486. The van der Waals surface area contributed by atoms with Crippen molar-refractivity contribution in [1.82, 2.24) is 24.6 Å². The second kappa shape index (κ2) is 10.1. The van der Waals surface area contributed by atoms with Crippen LogP contribution in [0.5, 0.6) is 0 Å². The maximum Gasteiger partial charge on any atom is 0.224 e. The monoisotopic (exact) mass is 426 g/mol. The van der Waals surface area contributed by atoms with Gasteiger partial charge in [-0.2, -0.15) is 4.31 Å². The first-order valence-corrected chi connectivity index (χ1v) is 11.8. The highest BCUT2D eigenvalue weighted by atomic mass is 32.2. The second-order valence-corrected chi connectivity index (χ2v) is 9.18. The third-order valence-electron chi connectivity index (χ3n) is 5.13. The zero-order valence-corrected chi connectivity index (χ0v) is 17.7. The average Bonchev–Trinajstić information content (AvgIpc) is 3.41. The standard InChI is InChI=1S/C18H30N6O4S/c1-2-19-18(20-7-5-17(25)22-8-3-4-9-22)23-10-12-24(13-11-23)29(26,27)15-16-6-14-28-21-16/h6,14H,2-5,7-13,15H2,1H3,(H,19,20). The fourth-order valence-corrected chi connectivity index (χ4v) is 5.00. The Hall–Kier alpha value is -2.14. The molecule has 0 spiro atoms. The molecule has 162 valence electrons. The maximum absolute atomic E-state index is 12.6. The van der Waals surface area contributed by atoms with E-state index in [0.717, 1.165) is 31.9 Å². The molecule has 3 heterocycles. The van der Waals surface area contributed by atoms with Crippen molar-refractivity contribution >= 4 is 21.9 Å². The molecule has 10 nitrogen and oxygen atoms in total. The molecule has 29 heavy (non-hydrogen) atoms. The molecule has 2 fully saturated rings. The summed E-state index contributed by atoms with van der Waals surface area (Å²) < 4.78 is 31.3. The maximum atomic E-state index is 12.6. The van der Waals surface area contributed by atoms with Gasteiger partial charge in [0, 0.05) is 58.3 Å². The minimum Gasteiger partial charge on any atom is -0.364 e. The van der Waals surface area contributed by atoms with Gasteiger partial charge in [-0.1, -0.05) is 5.16 Å². The summed E-state index contributed by atoms with van der Waals surface area (Å²) in [5.41, 5.74) is 0.407. The van der Waals surface area contributed by atoms with E-state index in [1.807, 2.05) is 16.7 Å². The van der Waals surface area contributed by atoms with Crippen molar-refractivity contribution in [3.8, 4) is 0 Å². The number of hydrogen-bond acceptors (Lipinski definition) is 6. The summed E-state index contributed by atoms with van der Waals surface area (Å²) in [6, 6.07) is 1.56. The lowest BCUT2D eigenvalue weighted by Crippen LogP contribution is -2.54. The number of guanidine groups is 1. The first kappa shape index (κ1) is 21.6. The number of aromatic nitrogens is 1. The molecule has 0 radical (unpaired) electrons. The SMILES string of the molecule is CCNC(=NCCC(=O)N1CCCC1)N1CCN(S(=O)(=O)Cc2ccon2)CC1. The molecule has 0 atom stereocenters. The van der Waals surface area contributed by atoms with Crippen molar-refractivity contribution in [3.63, 3.8) is 0 Å². The number of piperazine rings is 1. The van der Waals surface area contributed by atoms with Crippen LogP contribution in [0.15, 0.2) is 21.8 Å². The largest absolute Gasteiger partial charge is 0.364 e. The lowest BCUT2D eigenvalue weighted by atomic mass is 10.3. The van der Waals surface area contributed by atoms with Crippen LogP contribution in [0, 0.1) is 0 Å². The number of amides is 1. The van der Waals surface area contributed by atoms with Gasteiger partial charge in [0.15, 0.2) is 5.96 Å². The number of sulfonamides is 1. The van der Waals surface area contributed by atoms with Crippen molar-refractivity contribution in [2.24, 2.45) is 4.99 Å². The summed E-state index contributed by atoms with van der Waals surface area (Å²) in [5.74, 6) is 0.733. The van der Waals surface area contributed by atoms with E-state index in [0.29, 0.717) is 51.4 Å². The molecule has 1 N–H and O–H groups in total. The van der Waals surface area contributed by atoms with Crippen LogP contribution in [0.4, 0.5) is 0 Å². The van der Waals surface area contributed by atoms with Gasteiger partial charge in [-0.15, -0.1) is 0 Å². The van der Waals surface area contributed by atoms with Gasteiger partial charge in [-0.05, 0) is 19.8 Å². The summed E-state index contributed by atoms with van der Waals surface area (Å²) in [7, 11) is -3.43. The first-order valence-electron chi connectivity index (χ1n) is 10.2. The summed E-state index contributed by atoms with van der Waals surface area (Å²) >= 11 is 0. The number of carbonyl (C=O) groups excluding carboxylic acids is 1. The van der Waals surface area contributed by atoms with Gasteiger partial charge in [-0.3, -0.25) is 9.79 Å². The van der Waals surface area contributed by atoms with Crippen molar-refractivity contribution in [1.29, 1.82) is 0 Å². The number of hydrogen-bond donors (Lipinski definition) is 1. The van der Waals surface area contributed by atoms with Crippen molar-refractivity contribution in [3.05, 3.63) is 18.0 Å². The van der Waals surface area contributed by atoms with E-state index < -0.39 is 10.0 Å². The molecule has 0 unspecified atom stereocenters. The van der Waals surface area contributed by atoms with Crippen molar-refractivity contribution in [2.45, 2.75) is 31.9 Å². The van der Waals surface area contributed by atoms with Gasteiger partial charge < -0.3 is 19.6 Å². The highest BCUT2D eigenvalue weighted by Crippen LogP contribution is 2.13. The lowest BCUT2D eigenvalue weighted by molar-refractivity contribution is -0.129. The molecule has 2 aliphatic heterocycles. The molecule has 0 aromatic carbocycles. The molecule has 0 aliphatic carbocycles. The second-order valence-electron chi connectivity index (χ2n) is 7.21. The number of rotatable bonds is 7. The molecule has 1 amide bonds. The van der Waals surface area contributed by atoms with E-state index >= 15 is 0 Å². The Morgan fingerprint density at radius 3 is 2.52 bits per heavy atom. The molecule has 2 saturated heterocycles. The summed E-state index contributed by atoms with van der Waals surface area (Å²) in [4.78, 5) is 20.7. The van der Waals surface area contributed by atoms with E-state index in [2.05, 4.69) is 15.5 Å². The van der Waals surface area contributed by atoms with Gasteiger partial charge in [0.1, 0.15) is 12.0 Å². The fourth-order valence-electron chi connectivity index (χ4n) is 3.58. The molecule has 0 saturated carbocycles. The average molecular weight is 427 g/mol. The molecule has 1 aromatic heterocycles. The van der Waals surface area contributed by atoms with Crippen LogP contribution in [-0.2, 0) is 20.6 Å². The summed E-state index contributed by atoms with van der Waals surface area (Å²) in [6.45, 7) is 6.71. The fraction of sp³-hybridized carbons (Fsp3) is 0.722. The number of carbonyl (C=O) groups is 1.